The molecule has 0 saturated carbocycles. The van der Waals surface area contributed by atoms with Crippen LogP contribution in [0.2, 0.25) is 0 Å². The number of pyridine rings is 1. The molecule has 2 N–H and O–H groups in total. The number of piperazine rings is 1. The second-order valence-corrected chi connectivity index (χ2v) is 12.0. The summed E-state index contributed by atoms with van der Waals surface area (Å²) in [6.07, 6.45) is 2.93. The molecule has 5 rings (SSSR count). The minimum Gasteiger partial charge on any atom is -0.493 e. The molecule has 11 nitrogen and oxygen atoms in total. The van der Waals surface area contributed by atoms with E-state index in [2.05, 4.69) is 20.5 Å². The van der Waals surface area contributed by atoms with E-state index in [4.69, 9.17) is 14.2 Å². The molecule has 2 aliphatic rings. The fourth-order valence-corrected chi connectivity index (χ4v) is 6.40. The molecule has 1 fully saturated rings. The average Bonchev–Trinajstić information content (AvgIpc) is 3.30. The van der Waals surface area contributed by atoms with E-state index >= 15 is 0 Å². The number of amides is 2. The first-order valence-corrected chi connectivity index (χ1v) is 15.7. The van der Waals surface area contributed by atoms with Crippen LogP contribution in [-0.2, 0) is 16.0 Å². The van der Waals surface area contributed by atoms with Crippen LogP contribution in [0, 0.1) is 5.92 Å². The summed E-state index contributed by atoms with van der Waals surface area (Å²) in [6.45, 7) is 7.86. The zero-order valence-electron chi connectivity index (χ0n) is 27.4. The Balaban J connectivity index is 1.51. The largest absolute Gasteiger partial charge is 0.493 e. The van der Waals surface area contributed by atoms with E-state index in [1.54, 1.807) is 39.7 Å². The number of ether oxygens (including phenoxy) is 3. The Morgan fingerprint density at radius 1 is 0.957 bits per heavy atom. The van der Waals surface area contributed by atoms with Crippen LogP contribution in [0.15, 0.2) is 53.5 Å². The molecule has 46 heavy (non-hydrogen) atoms. The number of hydrogen-bond acceptors (Lipinski definition) is 9. The highest BCUT2D eigenvalue weighted by Gasteiger charge is 2.32. The maximum absolute atomic E-state index is 13.9. The van der Waals surface area contributed by atoms with Crippen molar-refractivity contribution in [1.29, 1.82) is 0 Å². The number of methoxy groups -OCH3 is 3. The lowest BCUT2D eigenvalue weighted by Crippen LogP contribution is -2.54. The van der Waals surface area contributed by atoms with Gasteiger partial charge in [-0.05, 0) is 65.8 Å². The Morgan fingerprint density at radius 3 is 2.30 bits per heavy atom. The van der Waals surface area contributed by atoms with Crippen molar-refractivity contribution in [2.75, 3.05) is 57.7 Å². The SMILES string of the molecule is COc1cc2c(c(OC)c1OC)-c1ccc(N[C@@H](C(=O)N3CCN(c4ccccn4)CC3)C(C)C)c(=O)cc1[C@@H](NC(C)=O)CC2. The minimum atomic E-state index is -0.617. The van der Waals surface area contributed by atoms with E-state index in [0.717, 1.165) is 22.5 Å². The van der Waals surface area contributed by atoms with E-state index in [0.29, 0.717) is 67.5 Å². The van der Waals surface area contributed by atoms with Gasteiger partial charge in [0.05, 0.1) is 33.1 Å². The lowest BCUT2D eigenvalue weighted by Gasteiger charge is -2.37. The van der Waals surface area contributed by atoms with Crippen molar-refractivity contribution in [3.63, 3.8) is 0 Å². The van der Waals surface area contributed by atoms with Gasteiger partial charge in [0.25, 0.3) is 0 Å². The molecule has 2 atom stereocenters. The Hall–Kier alpha value is -4.80. The number of fused-ring (bicyclic) bond motifs is 3. The average molecular weight is 630 g/mol. The predicted octanol–water partition coefficient (Wildman–Crippen LogP) is 4.04. The summed E-state index contributed by atoms with van der Waals surface area (Å²) >= 11 is 0. The maximum Gasteiger partial charge on any atom is 0.245 e. The molecule has 0 spiro atoms. The number of benzene rings is 1. The van der Waals surface area contributed by atoms with Crippen molar-refractivity contribution in [3.05, 3.63) is 70.0 Å². The third-order valence-electron chi connectivity index (χ3n) is 8.72. The molecular weight excluding hydrogens is 586 g/mol. The van der Waals surface area contributed by atoms with Gasteiger partial charge >= 0.3 is 0 Å². The molecule has 3 aromatic rings. The van der Waals surface area contributed by atoms with E-state index in [9.17, 15) is 14.4 Å². The predicted molar refractivity (Wildman–Crippen MR) is 178 cm³/mol. The van der Waals surface area contributed by atoms with Crippen molar-refractivity contribution >= 4 is 23.3 Å². The first-order chi connectivity index (χ1) is 22.2. The monoisotopic (exact) mass is 629 g/mol. The van der Waals surface area contributed by atoms with Gasteiger partial charge in [-0.15, -0.1) is 0 Å². The molecule has 244 valence electrons. The normalized spacial score (nSPS) is 16.5. The summed E-state index contributed by atoms with van der Waals surface area (Å²) in [5, 5.41) is 6.33. The lowest BCUT2D eigenvalue weighted by atomic mass is 9.95. The van der Waals surface area contributed by atoms with Crippen molar-refractivity contribution in [2.45, 2.75) is 45.7 Å². The maximum atomic E-state index is 13.9. The molecule has 1 saturated heterocycles. The summed E-state index contributed by atoms with van der Waals surface area (Å²) < 4.78 is 17.2. The van der Waals surface area contributed by atoms with Gasteiger partial charge in [0.1, 0.15) is 11.9 Å². The van der Waals surface area contributed by atoms with Crippen LogP contribution in [0.1, 0.15) is 44.4 Å². The smallest absolute Gasteiger partial charge is 0.245 e. The topological polar surface area (TPSA) is 122 Å². The Morgan fingerprint density at radius 2 is 1.70 bits per heavy atom. The molecular formula is C35H43N5O6. The molecule has 2 amide bonds. The number of nitrogens with zero attached hydrogens (tertiary/aromatic N) is 3. The summed E-state index contributed by atoms with van der Waals surface area (Å²) in [4.78, 5) is 48.5. The van der Waals surface area contributed by atoms with Crippen molar-refractivity contribution in [1.82, 2.24) is 15.2 Å². The highest BCUT2D eigenvalue weighted by atomic mass is 16.5. The highest BCUT2D eigenvalue weighted by Crippen LogP contribution is 2.50. The minimum absolute atomic E-state index is 0.0527. The Kier molecular flexibility index (Phi) is 9.99. The molecule has 1 aliphatic heterocycles. The second-order valence-electron chi connectivity index (χ2n) is 12.0. The lowest BCUT2D eigenvalue weighted by molar-refractivity contribution is -0.133. The van der Waals surface area contributed by atoms with E-state index in [-0.39, 0.29) is 23.2 Å². The van der Waals surface area contributed by atoms with Gasteiger partial charge in [0.2, 0.25) is 23.0 Å². The molecule has 2 aromatic carbocycles. The van der Waals surface area contributed by atoms with E-state index in [1.165, 1.54) is 6.92 Å². The number of carbonyl (C=O) groups excluding carboxylic acids is 2. The number of aromatic nitrogens is 1. The summed E-state index contributed by atoms with van der Waals surface area (Å²) in [5.41, 5.74) is 3.12. The van der Waals surface area contributed by atoms with Crippen molar-refractivity contribution in [2.24, 2.45) is 5.92 Å². The van der Waals surface area contributed by atoms with Crippen LogP contribution in [0.3, 0.4) is 0 Å². The quantitative estimate of drug-likeness (QED) is 0.361. The van der Waals surface area contributed by atoms with Crippen molar-refractivity contribution in [3.8, 4) is 28.4 Å². The molecule has 0 radical (unpaired) electrons. The van der Waals surface area contributed by atoms with Gasteiger partial charge in [-0.1, -0.05) is 26.0 Å². The summed E-state index contributed by atoms with van der Waals surface area (Å²) in [5.74, 6) is 2.01. The number of carbonyl (C=O) groups is 2. The fourth-order valence-electron chi connectivity index (χ4n) is 6.40. The third kappa shape index (κ3) is 6.59. The fraction of sp³-hybridized carbons (Fsp3) is 0.429. The molecule has 0 unspecified atom stereocenters. The van der Waals surface area contributed by atoms with Gasteiger partial charge < -0.3 is 34.6 Å². The third-order valence-corrected chi connectivity index (χ3v) is 8.72. The second kappa shape index (κ2) is 14.1. The summed E-state index contributed by atoms with van der Waals surface area (Å²) in [6, 6.07) is 11.8. The van der Waals surface area contributed by atoms with Crippen LogP contribution in [-0.4, -0.2) is 75.2 Å². The molecule has 1 aliphatic carbocycles. The van der Waals surface area contributed by atoms with Crippen LogP contribution in [0.4, 0.5) is 11.5 Å². The molecule has 2 heterocycles. The number of nitrogens with one attached hydrogen (secondary N) is 2. The van der Waals surface area contributed by atoms with Crippen LogP contribution in [0.25, 0.3) is 11.1 Å². The van der Waals surface area contributed by atoms with E-state index in [1.807, 2.05) is 49.1 Å². The number of anilines is 2. The Bertz CT molecular complexity index is 1640. The van der Waals surface area contributed by atoms with Gasteiger partial charge in [-0.3, -0.25) is 14.4 Å². The van der Waals surface area contributed by atoms with Gasteiger partial charge in [0, 0.05) is 44.9 Å². The van der Waals surface area contributed by atoms with Crippen LogP contribution >= 0.6 is 0 Å². The number of rotatable bonds is 9. The van der Waals surface area contributed by atoms with Gasteiger partial charge in [-0.2, -0.15) is 0 Å². The number of aryl methyl sites for hydroxylation is 1. The zero-order valence-corrected chi connectivity index (χ0v) is 27.4. The molecule has 1 aromatic heterocycles. The van der Waals surface area contributed by atoms with Gasteiger partial charge in [-0.25, -0.2) is 4.98 Å². The highest BCUT2D eigenvalue weighted by molar-refractivity contribution is 5.86. The molecule has 0 bridgehead atoms. The van der Waals surface area contributed by atoms with Crippen molar-refractivity contribution < 1.29 is 23.8 Å². The first-order valence-electron chi connectivity index (χ1n) is 15.7. The Labute approximate surface area is 269 Å². The number of hydrogen-bond donors (Lipinski definition) is 2. The standard InChI is InChI=1S/C35H43N5O6/c1-21(2)32(35(43)40-17-15-39(16-18-40)30-9-7-8-14-36-30)38-27-13-11-24-25(20-28(27)42)26(37-22(3)41)12-10-23-19-29(44-4)33(45-5)34(46-6)31(23)24/h7-9,11,13-14,19-21,26,32H,10,12,15-18H2,1-6H3,(H,37,41)(H,38,42)/t26-,32+/m0/s1. The van der Waals surface area contributed by atoms with Gasteiger partial charge in [0.15, 0.2) is 11.5 Å². The van der Waals surface area contributed by atoms with E-state index < -0.39 is 12.1 Å². The van der Waals surface area contributed by atoms with Crippen LogP contribution in [0.5, 0.6) is 17.2 Å². The summed E-state index contributed by atoms with van der Waals surface area (Å²) in [7, 11) is 4.69. The van der Waals surface area contributed by atoms with Crippen LogP contribution < -0.4 is 35.2 Å². The zero-order chi connectivity index (χ0) is 33.0. The first kappa shape index (κ1) is 32.6. The molecule has 11 heteroatoms.